The van der Waals surface area contributed by atoms with E-state index in [-0.39, 0.29) is 62.1 Å². The normalized spacial score (nSPS) is 25.4. The van der Waals surface area contributed by atoms with E-state index in [0.29, 0.717) is 18.4 Å². The van der Waals surface area contributed by atoms with Crippen molar-refractivity contribution in [3.05, 3.63) is 47.7 Å². The molecule has 0 spiro atoms. The third-order valence-electron chi connectivity index (χ3n) is 12.5. The van der Waals surface area contributed by atoms with Gasteiger partial charge in [0.2, 0.25) is 47.3 Å². The maximum atomic E-state index is 14.2. The summed E-state index contributed by atoms with van der Waals surface area (Å²) in [5.41, 5.74) is 16.0. The molecule has 1 aromatic carbocycles. The number of carbonyl (C=O) groups is 11. The summed E-state index contributed by atoms with van der Waals surface area (Å²) in [7, 11) is 0. The summed E-state index contributed by atoms with van der Waals surface area (Å²) in [6.45, 7) is 13.4. The van der Waals surface area contributed by atoms with E-state index in [2.05, 4.69) is 47.9 Å². The number of hydrogen-bond donors (Lipinski definition) is 14. The highest BCUT2D eigenvalue weighted by atomic mass is 16.5. The molecule has 1 aromatic rings. The molecule has 0 saturated carbocycles. The van der Waals surface area contributed by atoms with Crippen molar-refractivity contribution in [2.75, 3.05) is 19.6 Å². The van der Waals surface area contributed by atoms with Crippen LogP contribution in [-0.2, 0) is 63.9 Å². The van der Waals surface area contributed by atoms with Crippen molar-refractivity contribution < 1.29 is 67.7 Å². The Morgan fingerprint density at radius 3 is 1.65 bits per heavy atom. The number of carbonyl (C=O) groups excluding carboxylic acids is 10. The van der Waals surface area contributed by atoms with Crippen LogP contribution in [0.25, 0.3) is 0 Å². The van der Waals surface area contributed by atoms with Gasteiger partial charge in [-0.15, -0.1) is 0 Å². The Bertz CT molecular complexity index is 2290. The van der Waals surface area contributed by atoms with E-state index in [4.69, 9.17) is 21.9 Å². The summed E-state index contributed by atoms with van der Waals surface area (Å²) in [5.74, 6) is -11.8. The average molecular weight is 1120 g/mol. The maximum absolute atomic E-state index is 14.2. The van der Waals surface area contributed by atoms with Gasteiger partial charge in [-0.05, 0) is 82.7 Å². The van der Waals surface area contributed by atoms with Gasteiger partial charge in [0.15, 0.2) is 0 Å². The number of carboxylic acids is 1. The molecule has 0 aliphatic carbocycles. The second kappa shape index (κ2) is 33.4. The lowest BCUT2D eigenvalue weighted by Gasteiger charge is -2.32. The molecule has 9 unspecified atom stereocenters. The van der Waals surface area contributed by atoms with Crippen molar-refractivity contribution in [3.8, 4) is 0 Å². The first-order valence-electron chi connectivity index (χ1n) is 26.7. The smallest absolute Gasteiger partial charge is 0.329 e. The summed E-state index contributed by atoms with van der Waals surface area (Å²) in [4.78, 5) is 152. The summed E-state index contributed by atoms with van der Waals surface area (Å²) in [6.07, 6.45) is -0.928. The lowest BCUT2D eigenvalue weighted by molar-refractivity contribution is -0.158. The number of benzene rings is 1. The van der Waals surface area contributed by atoms with E-state index < -0.39 is 151 Å². The third-order valence-corrected chi connectivity index (χ3v) is 12.5. The van der Waals surface area contributed by atoms with Crippen LogP contribution in [0.4, 0.5) is 0 Å². The fourth-order valence-corrected chi connectivity index (χ4v) is 8.26. The van der Waals surface area contributed by atoms with Crippen molar-refractivity contribution in [2.45, 2.75) is 180 Å². The van der Waals surface area contributed by atoms with Gasteiger partial charge in [0.1, 0.15) is 60.1 Å². The number of allylic oxidation sites excluding steroid dienone is 1. The monoisotopic (exact) mass is 1110 g/mol. The number of aliphatic carboxylic acids is 1. The van der Waals surface area contributed by atoms with Crippen LogP contribution >= 0.6 is 0 Å². The number of cyclic esters (lactones) is 1. The molecule has 9 atom stereocenters. The molecule has 1 saturated heterocycles. The molecule has 1 aliphatic rings. The number of carboxylic acid groups (broad SMARTS) is 1. The number of rotatable bonds is 17. The number of aliphatic hydroxyl groups is 1. The third kappa shape index (κ3) is 24.3. The van der Waals surface area contributed by atoms with Gasteiger partial charge in [0.25, 0.3) is 5.91 Å². The molecule has 1 heterocycles. The van der Waals surface area contributed by atoms with Gasteiger partial charge in [0, 0.05) is 19.5 Å². The van der Waals surface area contributed by atoms with Gasteiger partial charge in [-0.2, -0.15) is 0 Å². The summed E-state index contributed by atoms with van der Waals surface area (Å²) < 4.78 is 5.72. The van der Waals surface area contributed by atoms with Gasteiger partial charge >= 0.3 is 11.9 Å². The van der Waals surface area contributed by atoms with Crippen LogP contribution in [0.3, 0.4) is 0 Å². The highest BCUT2D eigenvalue weighted by Crippen LogP contribution is 2.17. The number of ether oxygens (including phenoxy) is 1. The molecule has 1 fully saturated rings. The first-order valence-corrected chi connectivity index (χ1v) is 26.7. The zero-order chi connectivity index (χ0) is 59.7. The largest absolute Gasteiger partial charge is 0.481 e. The Kier molecular flexibility index (Phi) is 28.8. The molecular weight excluding hydrogens is 1030 g/mol. The van der Waals surface area contributed by atoms with Crippen LogP contribution in [0.1, 0.15) is 119 Å². The molecule has 2 rings (SSSR count). The van der Waals surface area contributed by atoms with Crippen molar-refractivity contribution in [3.63, 3.8) is 0 Å². The minimum Gasteiger partial charge on any atom is -0.481 e. The second-order valence-corrected chi connectivity index (χ2v) is 21.4. The molecule has 79 heavy (non-hydrogen) atoms. The van der Waals surface area contributed by atoms with Crippen LogP contribution in [-0.4, -0.2) is 155 Å². The van der Waals surface area contributed by atoms with Gasteiger partial charge in [-0.1, -0.05) is 84.4 Å². The number of hydrogen-bond acceptors (Lipinski definition) is 16. The van der Waals surface area contributed by atoms with E-state index >= 15 is 0 Å². The zero-order valence-corrected chi connectivity index (χ0v) is 46.9. The van der Waals surface area contributed by atoms with Crippen LogP contribution in [0.5, 0.6) is 0 Å². The van der Waals surface area contributed by atoms with Gasteiger partial charge in [-0.25, -0.2) is 4.79 Å². The summed E-state index contributed by atoms with van der Waals surface area (Å²) in [6, 6.07) is -3.96. The Morgan fingerprint density at radius 1 is 0.633 bits per heavy atom. The molecule has 26 nitrogen and oxygen atoms in total. The molecule has 26 heteroatoms. The minimum absolute atomic E-state index is 0.0131. The van der Waals surface area contributed by atoms with E-state index in [1.165, 1.54) is 13.0 Å². The SMILES string of the molecule is C/C=C1\NC(=O)C(CCN)NC(=O)C(Cc2ccccc2)NC(=O)C(CN)NC(=O)CC(CCCC(C)C)OC(=O)C(CC(=O)O)NC(=O)C(C(C)(C)O)NC(=O)C(CC(C)C)NC(=O)C(CN)NC(=O)C(CC(C)C)NC1=O. The number of nitrogens with two attached hydrogens (primary N) is 3. The predicted octanol–water partition coefficient (Wildman–Crippen LogP) is -2.13. The molecule has 17 N–H and O–H groups in total. The minimum atomic E-state index is -2.11. The summed E-state index contributed by atoms with van der Waals surface area (Å²) in [5, 5.41) is 43.6. The maximum Gasteiger partial charge on any atom is 0.329 e. The predicted molar refractivity (Wildman–Crippen MR) is 290 cm³/mol. The van der Waals surface area contributed by atoms with E-state index in [0.717, 1.165) is 13.8 Å². The topological polar surface area (TPSA) is 424 Å². The molecule has 0 bridgehead atoms. The molecular formula is C53H86N12O14. The lowest BCUT2D eigenvalue weighted by atomic mass is 9.95. The first-order chi connectivity index (χ1) is 37.0. The van der Waals surface area contributed by atoms with Crippen molar-refractivity contribution in [1.82, 2.24) is 47.9 Å². The van der Waals surface area contributed by atoms with E-state index in [1.54, 1.807) is 58.0 Å². The summed E-state index contributed by atoms with van der Waals surface area (Å²) >= 11 is 0. The van der Waals surface area contributed by atoms with Crippen LogP contribution < -0.4 is 65.1 Å². The fraction of sp³-hybridized carbons (Fsp3) is 0.642. The zero-order valence-electron chi connectivity index (χ0n) is 46.9. The van der Waals surface area contributed by atoms with Crippen LogP contribution in [0.15, 0.2) is 42.1 Å². The Hall–Kier alpha value is -7.03. The van der Waals surface area contributed by atoms with Crippen LogP contribution in [0.2, 0.25) is 0 Å². The van der Waals surface area contributed by atoms with Crippen molar-refractivity contribution >= 4 is 65.1 Å². The second-order valence-electron chi connectivity index (χ2n) is 21.4. The molecule has 9 amide bonds. The fourth-order valence-electron chi connectivity index (χ4n) is 8.26. The Morgan fingerprint density at radius 2 is 1.13 bits per heavy atom. The Labute approximate surface area is 461 Å². The van der Waals surface area contributed by atoms with Gasteiger partial charge in [-0.3, -0.25) is 47.9 Å². The average Bonchev–Trinajstić information content (AvgIpc) is 3.36. The molecule has 0 radical (unpaired) electrons. The standard InChI is InChI=1S/C53H86N12O14/c1-10-33-44(69)60-35(21-29(4)5)46(71)64-40(27-56)50(75)61-36(22-30(6)7)48(73)65-43(53(8,9)78)51(76)63-38(25-42(67)68)52(77)79-32(18-14-15-28(2)3)24-41(66)57-39(26-55)49(74)62-37(23-31-16-12-11-13-17-31)47(72)59-34(19-20-54)45(70)58-33/h10-13,16-17,28-30,32,34-40,43,78H,14-15,18-27,54-56H2,1-9H3,(H,57,66)(H,58,70)(H,59,72)(H,60,69)(H,61,75)(H,62,74)(H,63,76)(H,64,71)(H,65,73)(H,67,68)/b33-10-. The first kappa shape index (κ1) is 68.1. The highest BCUT2D eigenvalue weighted by molar-refractivity contribution is 6.02. The molecule has 1 aliphatic heterocycles. The number of amides is 9. The van der Waals surface area contributed by atoms with E-state index in [1.807, 2.05) is 13.8 Å². The lowest BCUT2D eigenvalue weighted by Crippen LogP contribution is -2.64. The quantitative estimate of drug-likeness (QED) is 0.0585. The molecule has 442 valence electrons. The molecule has 0 aromatic heterocycles. The van der Waals surface area contributed by atoms with Gasteiger partial charge < -0.3 is 80.0 Å². The number of nitrogens with one attached hydrogen (secondary N) is 9. The Balaban J connectivity index is 2.81. The van der Waals surface area contributed by atoms with Crippen molar-refractivity contribution in [2.24, 2.45) is 35.0 Å². The van der Waals surface area contributed by atoms with E-state index in [9.17, 15) is 63.0 Å². The van der Waals surface area contributed by atoms with Crippen molar-refractivity contribution in [1.29, 1.82) is 0 Å². The number of esters is 1. The highest BCUT2D eigenvalue weighted by Gasteiger charge is 2.41. The van der Waals surface area contributed by atoms with Crippen LogP contribution in [0, 0.1) is 17.8 Å². The van der Waals surface area contributed by atoms with Gasteiger partial charge in [0.05, 0.1) is 18.4 Å².